The highest BCUT2D eigenvalue weighted by Gasteiger charge is 2.09. The molecule has 106 valence electrons. The number of rotatable bonds is 8. The van der Waals surface area contributed by atoms with Gasteiger partial charge in [-0.3, -0.25) is 10.1 Å². The number of hydrogen-bond donors (Lipinski definition) is 1. The SMILES string of the molecule is CCN(CC)CCNCc1cc([N+](=O)[O-])ccc1Cl. The monoisotopic (exact) mass is 285 g/mol. The van der Waals surface area contributed by atoms with E-state index in [-0.39, 0.29) is 5.69 Å². The number of nitrogens with zero attached hydrogens (tertiary/aromatic N) is 2. The summed E-state index contributed by atoms with van der Waals surface area (Å²) in [5.41, 5.74) is 0.834. The first-order valence-corrected chi connectivity index (χ1v) is 6.82. The molecule has 0 unspecified atom stereocenters. The largest absolute Gasteiger partial charge is 0.311 e. The van der Waals surface area contributed by atoms with Crippen molar-refractivity contribution in [3.8, 4) is 0 Å². The zero-order chi connectivity index (χ0) is 14.3. The number of non-ortho nitro benzene ring substituents is 1. The molecular formula is C13H20ClN3O2. The Kier molecular flexibility index (Phi) is 6.77. The first-order valence-electron chi connectivity index (χ1n) is 6.44. The Morgan fingerprint density at radius 3 is 2.63 bits per heavy atom. The summed E-state index contributed by atoms with van der Waals surface area (Å²) in [6.45, 7) is 8.63. The van der Waals surface area contributed by atoms with Gasteiger partial charge in [0.15, 0.2) is 0 Å². The molecule has 0 saturated carbocycles. The Morgan fingerprint density at radius 1 is 1.37 bits per heavy atom. The predicted octanol–water partition coefficient (Wildman–Crippen LogP) is 2.68. The molecule has 1 rings (SSSR count). The molecule has 0 radical (unpaired) electrons. The van der Waals surface area contributed by atoms with Crippen LogP contribution in [-0.2, 0) is 6.54 Å². The van der Waals surface area contributed by atoms with Crippen LogP contribution in [0.1, 0.15) is 19.4 Å². The van der Waals surface area contributed by atoms with Crippen LogP contribution >= 0.6 is 11.6 Å². The van der Waals surface area contributed by atoms with Crippen LogP contribution < -0.4 is 5.32 Å². The topological polar surface area (TPSA) is 58.4 Å². The number of nitrogens with one attached hydrogen (secondary N) is 1. The highest BCUT2D eigenvalue weighted by molar-refractivity contribution is 6.31. The molecule has 1 N–H and O–H groups in total. The molecular weight excluding hydrogens is 266 g/mol. The molecule has 1 aromatic rings. The van der Waals surface area contributed by atoms with Crippen LogP contribution in [0.5, 0.6) is 0 Å². The van der Waals surface area contributed by atoms with Crippen molar-refractivity contribution in [1.82, 2.24) is 10.2 Å². The molecule has 0 bridgehead atoms. The van der Waals surface area contributed by atoms with Crippen LogP contribution in [0.2, 0.25) is 5.02 Å². The average Bonchev–Trinajstić information content (AvgIpc) is 2.40. The van der Waals surface area contributed by atoms with Gasteiger partial charge in [0.05, 0.1) is 4.92 Å². The van der Waals surface area contributed by atoms with Crippen molar-refractivity contribution in [1.29, 1.82) is 0 Å². The van der Waals surface area contributed by atoms with Crippen molar-refractivity contribution >= 4 is 17.3 Å². The fourth-order valence-electron chi connectivity index (χ4n) is 1.81. The molecule has 1 aromatic carbocycles. The number of halogens is 1. The minimum absolute atomic E-state index is 0.0740. The maximum absolute atomic E-state index is 10.7. The van der Waals surface area contributed by atoms with Crippen LogP contribution in [0.4, 0.5) is 5.69 Å². The van der Waals surface area contributed by atoms with Gasteiger partial charge in [0.25, 0.3) is 5.69 Å². The zero-order valence-corrected chi connectivity index (χ0v) is 12.1. The van der Waals surface area contributed by atoms with Crippen LogP contribution in [0, 0.1) is 10.1 Å². The molecule has 0 fully saturated rings. The Bertz CT molecular complexity index is 422. The Morgan fingerprint density at radius 2 is 2.05 bits per heavy atom. The maximum atomic E-state index is 10.7. The second-order valence-corrected chi connectivity index (χ2v) is 4.64. The van der Waals surface area contributed by atoms with Crippen molar-refractivity contribution in [3.05, 3.63) is 38.9 Å². The van der Waals surface area contributed by atoms with Gasteiger partial charge in [0.2, 0.25) is 0 Å². The molecule has 19 heavy (non-hydrogen) atoms. The van der Waals surface area contributed by atoms with E-state index < -0.39 is 4.92 Å². The fourth-order valence-corrected chi connectivity index (χ4v) is 1.99. The number of nitro benzene ring substituents is 1. The first-order chi connectivity index (χ1) is 9.08. The van der Waals surface area contributed by atoms with Crippen molar-refractivity contribution in [2.75, 3.05) is 26.2 Å². The second kappa shape index (κ2) is 8.09. The van der Waals surface area contributed by atoms with Gasteiger partial charge < -0.3 is 10.2 Å². The van der Waals surface area contributed by atoms with Gasteiger partial charge in [-0.2, -0.15) is 0 Å². The highest BCUT2D eigenvalue weighted by atomic mass is 35.5. The Hall–Kier alpha value is -1.17. The molecule has 0 heterocycles. The third-order valence-electron chi connectivity index (χ3n) is 3.05. The molecule has 0 saturated heterocycles. The molecule has 6 heteroatoms. The van der Waals surface area contributed by atoms with Crippen molar-refractivity contribution < 1.29 is 4.92 Å². The van der Waals surface area contributed by atoms with E-state index in [0.717, 1.165) is 31.7 Å². The lowest BCUT2D eigenvalue weighted by molar-refractivity contribution is -0.384. The van der Waals surface area contributed by atoms with E-state index in [4.69, 9.17) is 11.6 Å². The van der Waals surface area contributed by atoms with Crippen LogP contribution in [0.25, 0.3) is 0 Å². The lowest BCUT2D eigenvalue weighted by atomic mass is 10.2. The molecule has 0 aliphatic heterocycles. The smallest absolute Gasteiger partial charge is 0.269 e. The zero-order valence-electron chi connectivity index (χ0n) is 11.4. The van der Waals surface area contributed by atoms with E-state index in [0.29, 0.717) is 11.6 Å². The maximum Gasteiger partial charge on any atom is 0.269 e. The predicted molar refractivity (Wildman–Crippen MR) is 77.6 cm³/mol. The first kappa shape index (κ1) is 15.9. The van der Waals surface area contributed by atoms with Gasteiger partial charge in [-0.25, -0.2) is 0 Å². The third-order valence-corrected chi connectivity index (χ3v) is 3.42. The second-order valence-electron chi connectivity index (χ2n) is 4.24. The summed E-state index contributed by atoms with van der Waals surface area (Å²) < 4.78 is 0. The average molecular weight is 286 g/mol. The summed E-state index contributed by atoms with van der Waals surface area (Å²) in [4.78, 5) is 12.6. The van der Waals surface area contributed by atoms with Crippen molar-refractivity contribution in [2.24, 2.45) is 0 Å². The molecule has 0 atom stereocenters. The normalized spacial score (nSPS) is 10.9. The standard InChI is InChI=1S/C13H20ClN3O2/c1-3-16(4-2)8-7-15-10-11-9-12(17(18)19)5-6-13(11)14/h5-6,9,15H,3-4,7-8,10H2,1-2H3. The van der Waals surface area contributed by atoms with Gasteiger partial charge in [0, 0.05) is 36.8 Å². The summed E-state index contributed by atoms with van der Waals surface area (Å²) >= 11 is 6.02. The van der Waals surface area contributed by atoms with Crippen molar-refractivity contribution in [3.63, 3.8) is 0 Å². The van der Waals surface area contributed by atoms with E-state index in [1.165, 1.54) is 12.1 Å². The number of benzene rings is 1. The quantitative estimate of drug-likeness (QED) is 0.453. The minimum atomic E-state index is -0.407. The number of hydrogen-bond acceptors (Lipinski definition) is 4. The fraction of sp³-hybridized carbons (Fsp3) is 0.538. The molecule has 5 nitrogen and oxygen atoms in total. The van der Waals surface area contributed by atoms with E-state index >= 15 is 0 Å². The summed E-state index contributed by atoms with van der Waals surface area (Å²) in [7, 11) is 0. The van der Waals surface area contributed by atoms with E-state index in [2.05, 4.69) is 24.1 Å². The molecule has 0 amide bonds. The van der Waals surface area contributed by atoms with E-state index in [9.17, 15) is 10.1 Å². The van der Waals surface area contributed by atoms with Crippen molar-refractivity contribution in [2.45, 2.75) is 20.4 Å². The molecule has 0 aliphatic rings. The Labute approximate surface area is 118 Å². The van der Waals surface area contributed by atoms with Gasteiger partial charge in [-0.05, 0) is 24.7 Å². The minimum Gasteiger partial charge on any atom is -0.311 e. The molecule has 0 aliphatic carbocycles. The van der Waals surface area contributed by atoms with Gasteiger partial charge in [-0.15, -0.1) is 0 Å². The van der Waals surface area contributed by atoms with Crippen LogP contribution in [0.15, 0.2) is 18.2 Å². The van der Waals surface area contributed by atoms with Gasteiger partial charge >= 0.3 is 0 Å². The summed E-state index contributed by atoms with van der Waals surface area (Å²) in [5.74, 6) is 0. The van der Waals surface area contributed by atoms with E-state index in [1.54, 1.807) is 6.07 Å². The molecule has 0 spiro atoms. The van der Waals surface area contributed by atoms with Crippen LogP contribution in [-0.4, -0.2) is 36.0 Å². The highest BCUT2D eigenvalue weighted by Crippen LogP contribution is 2.21. The number of likely N-dealkylation sites (N-methyl/N-ethyl adjacent to an activating group) is 1. The molecule has 0 aromatic heterocycles. The van der Waals surface area contributed by atoms with Crippen LogP contribution in [0.3, 0.4) is 0 Å². The Balaban J connectivity index is 2.48. The third kappa shape index (κ3) is 5.14. The summed E-state index contributed by atoms with van der Waals surface area (Å²) in [6, 6.07) is 4.51. The van der Waals surface area contributed by atoms with E-state index in [1.807, 2.05) is 0 Å². The van der Waals surface area contributed by atoms with Gasteiger partial charge in [0.1, 0.15) is 0 Å². The number of nitro groups is 1. The summed E-state index contributed by atoms with van der Waals surface area (Å²) in [5, 5.41) is 14.5. The lowest BCUT2D eigenvalue weighted by Gasteiger charge is -2.18. The van der Waals surface area contributed by atoms with Gasteiger partial charge in [-0.1, -0.05) is 25.4 Å². The lowest BCUT2D eigenvalue weighted by Crippen LogP contribution is -2.31. The summed E-state index contributed by atoms with van der Waals surface area (Å²) in [6.07, 6.45) is 0.